The Morgan fingerprint density at radius 3 is 3.00 bits per heavy atom. The molecular weight excluding hydrogens is 437 g/mol. The minimum atomic E-state index is 0. The maximum atomic E-state index is 5.19. The summed E-state index contributed by atoms with van der Waals surface area (Å²) in [4.78, 5) is 11.3. The van der Waals surface area contributed by atoms with Crippen molar-refractivity contribution in [3.05, 3.63) is 16.1 Å². The highest BCUT2D eigenvalue weighted by Crippen LogP contribution is 2.15. The Hall–Kier alpha value is -0.450. The SMILES string of the molecule is CN=C(NCCc1csc(C)n1)NCC1CCCN1CCOC.I. The van der Waals surface area contributed by atoms with Gasteiger partial charge < -0.3 is 15.4 Å². The number of halogens is 1. The Balaban J connectivity index is 0.00000288. The van der Waals surface area contributed by atoms with E-state index in [-0.39, 0.29) is 24.0 Å². The number of aromatic nitrogens is 1. The normalized spacial score (nSPS) is 18.5. The van der Waals surface area contributed by atoms with E-state index < -0.39 is 0 Å². The minimum Gasteiger partial charge on any atom is -0.383 e. The average molecular weight is 467 g/mol. The number of aryl methyl sites for hydroxylation is 1. The molecular formula is C16H30IN5OS. The second kappa shape index (κ2) is 12.0. The maximum absolute atomic E-state index is 5.19. The number of likely N-dealkylation sites (tertiary alicyclic amines) is 1. The molecule has 1 atom stereocenters. The first-order valence-corrected chi connectivity index (χ1v) is 9.19. The summed E-state index contributed by atoms with van der Waals surface area (Å²) in [6.07, 6.45) is 3.44. The largest absolute Gasteiger partial charge is 0.383 e. The van der Waals surface area contributed by atoms with Crippen molar-refractivity contribution in [1.29, 1.82) is 0 Å². The van der Waals surface area contributed by atoms with E-state index in [1.807, 2.05) is 14.0 Å². The van der Waals surface area contributed by atoms with Crippen LogP contribution in [0.25, 0.3) is 0 Å². The zero-order valence-corrected chi connectivity index (χ0v) is 18.0. The highest BCUT2D eigenvalue weighted by Gasteiger charge is 2.23. The second-order valence-corrected chi connectivity index (χ2v) is 6.87. The number of methoxy groups -OCH3 is 1. The molecule has 1 aliphatic heterocycles. The van der Waals surface area contributed by atoms with E-state index in [1.165, 1.54) is 19.4 Å². The van der Waals surface area contributed by atoms with Crippen molar-refractivity contribution in [2.75, 3.05) is 46.9 Å². The Kier molecular flexibility index (Phi) is 10.8. The molecule has 2 heterocycles. The average Bonchev–Trinajstić information content (AvgIpc) is 3.17. The van der Waals surface area contributed by atoms with Crippen molar-refractivity contribution in [2.24, 2.45) is 4.99 Å². The first-order chi connectivity index (χ1) is 11.2. The molecule has 2 rings (SSSR count). The van der Waals surface area contributed by atoms with Crippen molar-refractivity contribution < 1.29 is 4.74 Å². The number of rotatable bonds is 8. The third-order valence-corrected chi connectivity index (χ3v) is 4.97. The fraction of sp³-hybridized carbons (Fsp3) is 0.750. The molecule has 0 aliphatic carbocycles. The van der Waals surface area contributed by atoms with Gasteiger partial charge in [-0.15, -0.1) is 35.3 Å². The monoisotopic (exact) mass is 467 g/mol. The molecule has 6 nitrogen and oxygen atoms in total. The lowest BCUT2D eigenvalue weighted by molar-refractivity contribution is 0.141. The number of ether oxygens (including phenoxy) is 1. The molecule has 1 aromatic rings. The molecule has 1 saturated heterocycles. The molecule has 2 N–H and O–H groups in total. The fourth-order valence-electron chi connectivity index (χ4n) is 2.90. The molecule has 0 radical (unpaired) electrons. The van der Waals surface area contributed by atoms with Gasteiger partial charge in [0.05, 0.1) is 17.3 Å². The van der Waals surface area contributed by atoms with Gasteiger partial charge in [0.1, 0.15) is 0 Å². The molecule has 0 spiro atoms. The van der Waals surface area contributed by atoms with Gasteiger partial charge in [-0.2, -0.15) is 0 Å². The van der Waals surface area contributed by atoms with Crippen LogP contribution in [0.1, 0.15) is 23.5 Å². The summed E-state index contributed by atoms with van der Waals surface area (Å²) in [5, 5.41) is 10.1. The van der Waals surface area contributed by atoms with Gasteiger partial charge in [0.15, 0.2) is 5.96 Å². The summed E-state index contributed by atoms with van der Waals surface area (Å²) in [5.41, 5.74) is 1.15. The van der Waals surface area contributed by atoms with Crippen LogP contribution in [0.4, 0.5) is 0 Å². The Labute approximate surface area is 166 Å². The Morgan fingerprint density at radius 1 is 1.50 bits per heavy atom. The predicted octanol–water partition coefficient (Wildman–Crippen LogP) is 1.89. The van der Waals surface area contributed by atoms with Gasteiger partial charge >= 0.3 is 0 Å². The highest BCUT2D eigenvalue weighted by molar-refractivity contribution is 14.0. The van der Waals surface area contributed by atoms with E-state index in [1.54, 1.807) is 18.4 Å². The van der Waals surface area contributed by atoms with Crippen LogP contribution in [-0.4, -0.2) is 68.8 Å². The van der Waals surface area contributed by atoms with Gasteiger partial charge in [-0.3, -0.25) is 9.89 Å². The lowest BCUT2D eigenvalue weighted by atomic mass is 10.2. The Bertz CT molecular complexity index is 497. The topological polar surface area (TPSA) is 61.8 Å². The van der Waals surface area contributed by atoms with Crippen molar-refractivity contribution in [3.8, 4) is 0 Å². The number of nitrogens with one attached hydrogen (secondary N) is 2. The van der Waals surface area contributed by atoms with E-state index in [0.29, 0.717) is 6.04 Å². The third-order valence-electron chi connectivity index (χ3n) is 4.15. The first kappa shape index (κ1) is 21.6. The number of hydrogen-bond acceptors (Lipinski definition) is 5. The quantitative estimate of drug-likeness (QED) is 0.348. The summed E-state index contributed by atoms with van der Waals surface area (Å²) < 4.78 is 5.19. The van der Waals surface area contributed by atoms with Crippen LogP contribution in [-0.2, 0) is 11.2 Å². The van der Waals surface area contributed by atoms with Crippen molar-refractivity contribution in [3.63, 3.8) is 0 Å². The Morgan fingerprint density at radius 2 is 2.33 bits per heavy atom. The van der Waals surface area contributed by atoms with Crippen LogP contribution in [0.5, 0.6) is 0 Å². The van der Waals surface area contributed by atoms with Crippen LogP contribution >= 0.6 is 35.3 Å². The van der Waals surface area contributed by atoms with Crippen LogP contribution in [0.2, 0.25) is 0 Å². The molecule has 24 heavy (non-hydrogen) atoms. The van der Waals surface area contributed by atoms with E-state index in [4.69, 9.17) is 4.74 Å². The lowest BCUT2D eigenvalue weighted by Crippen LogP contribution is -2.45. The predicted molar refractivity (Wildman–Crippen MR) is 112 cm³/mol. The molecule has 0 aromatic carbocycles. The first-order valence-electron chi connectivity index (χ1n) is 8.31. The van der Waals surface area contributed by atoms with E-state index in [2.05, 4.69) is 30.9 Å². The summed E-state index contributed by atoms with van der Waals surface area (Å²) in [6.45, 7) is 6.80. The van der Waals surface area contributed by atoms with Gasteiger partial charge in [-0.25, -0.2) is 4.98 Å². The van der Waals surface area contributed by atoms with Crippen molar-refractivity contribution in [2.45, 2.75) is 32.2 Å². The number of thiazole rings is 1. The van der Waals surface area contributed by atoms with Crippen molar-refractivity contribution in [1.82, 2.24) is 20.5 Å². The van der Waals surface area contributed by atoms with Gasteiger partial charge in [-0.1, -0.05) is 0 Å². The molecule has 8 heteroatoms. The number of nitrogens with zero attached hydrogens (tertiary/aromatic N) is 3. The summed E-state index contributed by atoms with van der Waals surface area (Å²) >= 11 is 1.70. The van der Waals surface area contributed by atoms with E-state index in [9.17, 15) is 0 Å². The lowest BCUT2D eigenvalue weighted by Gasteiger charge is -2.25. The van der Waals surface area contributed by atoms with Gasteiger partial charge in [0, 0.05) is 51.6 Å². The fourth-order valence-corrected chi connectivity index (χ4v) is 3.54. The van der Waals surface area contributed by atoms with Crippen LogP contribution in [0.15, 0.2) is 10.4 Å². The van der Waals surface area contributed by atoms with E-state index >= 15 is 0 Å². The molecule has 0 saturated carbocycles. The number of hydrogen-bond donors (Lipinski definition) is 2. The zero-order valence-electron chi connectivity index (χ0n) is 14.9. The van der Waals surface area contributed by atoms with Gasteiger partial charge in [0.25, 0.3) is 0 Å². The molecule has 0 bridgehead atoms. The summed E-state index contributed by atoms with van der Waals surface area (Å²) in [7, 11) is 3.58. The maximum Gasteiger partial charge on any atom is 0.191 e. The number of guanidine groups is 1. The summed E-state index contributed by atoms with van der Waals surface area (Å²) in [6, 6.07) is 0.574. The highest BCUT2D eigenvalue weighted by atomic mass is 127. The van der Waals surface area contributed by atoms with Crippen LogP contribution in [0.3, 0.4) is 0 Å². The molecule has 1 unspecified atom stereocenters. The summed E-state index contributed by atoms with van der Waals surface area (Å²) in [5.74, 6) is 0.871. The molecule has 138 valence electrons. The van der Waals surface area contributed by atoms with E-state index in [0.717, 1.165) is 49.3 Å². The van der Waals surface area contributed by atoms with Crippen LogP contribution in [0, 0.1) is 6.92 Å². The second-order valence-electron chi connectivity index (χ2n) is 5.81. The van der Waals surface area contributed by atoms with Crippen molar-refractivity contribution >= 4 is 41.3 Å². The van der Waals surface area contributed by atoms with Crippen LogP contribution < -0.4 is 10.6 Å². The number of aliphatic imine (C=N–C) groups is 1. The van der Waals surface area contributed by atoms with Gasteiger partial charge in [-0.05, 0) is 26.3 Å². The minimum absolute atomic E-state index is 0. The standard InChI is InChI=1S/C16H29N5OS.HI/c1-13-20-14(12-23-13)6-7-18-16(17-2)19-11-15-5-4-8-21(15)9-10-22-3;/h12,15H,4-11H2,1-3H3,(H2,17,18,19);1H. The third kappa shape index (κ3) is 7.20. The zero-order chi connectivity index (χ0) is 16.5. The smallest absolute Gasteiger partial charge is 0.191 e. The molecule has 0 amide bonds. The van der Waals surface area contributed by atoms with Gasteiger partial charge in [0.2, 0.25) is 0 Å². The molecule has 1 fully saturated rings. The molecule has 1 aromatic heterocycles. The molecule has 1 aliphatic rings.